The summed E-state index contributed by atoms with van der Waals surface area (Å²) in [5.74, 6) is -1.93. The summed E-state index contributed by atoms with van der Waals surface area (Å²) in [6, 6.07) is 9.90. The molecule has 6 nitrogen and oxygen atoms in total. The summed E-state index contributed by atoms with van der Waals surface area (Å²) >= 11 is 0. The summed E-state index contributed by atoms with van der Waals surface area (Å²) in [6.45, 7) is 2.99. The summed E-state index contributed by atoms with van der Waals surface area (Å²) in [4.78, 5) is 35.4. The molecule has 27 heavy (non-hydrogen) atoms. The van der Waals surface area contributed by atoms with Gasteiger partial charge in [-0.3, -0.25) is 4.79 Å². The summed E-state index contributed by atoms with van der Waals surface area (Å²) in [5, 5.41) is 0.460. The van der Waals surface area contributed by atoms with E-state index in [1.54, 1.807) is 25.1 Å². The maximum atomic E-state index is 13.4. The number of ether oxygens (including phenoxy) is 2. The van der Waals surface area contributed by atoms with Crippen LogP contribution in [0.5, 0.6) is 5.75 Å². The minimum atomic E-state index is -0.954. The van der Waals surface area contributed by atoms with E-state index in [1.165, 1.54) is 25.1 Å². The molecule has 138 valence electrons. The third kappa shape index (κ3) is 4.20. The normalized spacial score (nSPS) is 10.6. The third-order valence-corrected chi connectivity index (χ3v) is 3.81. The Balaban J connectivity index is 1.94. The van der Waals surface area contributed by atoms with Crippen LogP contribution in [0.25, 0.3) is 11.0 Å². The monoisotopic (exact) mass is 370 g/mol. The van der Waals surface area contributed by atoms with E-state index in [4.69, 9.17) is 13.9 Å². The zero-order chi connectivity index (χ0) is 19.6. The van der Waals surface area contributed by atoms with Crippen LogP contribution in [0.3, 0.4) is 0 Å². The average molecular weight is 370 g/mol. The number of aryl methyl sites for hydroxylation is 1. The van der Waals surface area contributed by atoms with E-state index in [1.807, 2.05) is 0 Å². The molecule has 0 unspecified atom stereocenters. The van der Waals surface area contributed by atoms with Crippen LogP contribution in [0.15, 0.2) is 51.7 Å². The van der Waals surface area contributed by atoms with Gasteiger partial charge >= 0.3 is 17.6 Å². The highest BCUT2D eigenvalue weighted by Gasteiger charge is 2.17. The molecule has 2 aromatic carbocycles. The van der Waals surface area contributed by atoms with Crippen LogP contribution in [0, 0.1) is 12.7 Å². The van der Waals surface area contributed by atoms with Crippen LogP contribution in [0.2, 0.25) is 0 Å². The van der Waals surface area contributed by atoms with E-state index >= 15 is 0 Å². The van der Waals surface area contributed by atoms with Crippen molar-refractivity contribution < 1.29 is 27.9 Å². The van der Waals surface area contributed by atoms with Crippen molar-refractivity contribution >= 4 is 22.9 Å². The number of carbonyl (C=O) groups excluding carboxylic acids is 2. The first-order valence-electron chi connectivity index (χ1n) is 8.02. The molecule has 0 aliphatic rings. The van der Waals surface area contributed by atoms with Gasteiger partial charge in [-0.15, -0.1) is 0 Å². The molecule has 0 N–H and O–H groups in total. The summed E-state index contributed by atoms with van der Waals surface area (Å²) < 4.78 is 28.6. The standard InChI is InChI=1S/C20H15FO6/c1-11-3-5-15(21)9-18(11)27-20(24)16-8-14-7-13(10-25-12(2)22)4-6-17(14)26-19(16)23/h3-9H,10H2,1-2H3. The molecule has 1 heterocycles. The molecular formula is C20H15FO6. The van der Waals surface area contributed by atoms with E-state index in [-0.39, 0.29) is 23.5 Å². The van der Waals surface area contributed by atoms with Gasteiger partial charge in [-0.25, -0.2) is 14.0 Å². The van der Waals surface area contributed by atoms with E-state index in [2.05, 4.69) is 0 Å². The van der Waals surface area contributed by atoms with E-state index in [0.29, 0.717) is 16.5 Å². The van der Waals surface area contributed by atoms with Crippen molar-refractivity contribution in [3.63, 3.8) is 0 Å². The topological polar surface area (TPSA) is 82.8 Å². The zero-order valence-electron chi connectivity index (χ0n) is 14.6. The molecule has 7 heteroatoms. The summed E-state index contributed by atoms with van der Waals surface area (Å²) in [5.41, 5.74) is 0.278. The Kier molecular flexibility index (Phi) is 5.03. The number of carbonyl (C=O) groups is 2. The van der Waals surface area contributed by atoms with Crippen molar-refractivity contribution in [1.82, 2.24) is 0 Å². The second-order valence-electron chi connectivity index (χ2n) is 5.90. The molecule has 0 aliphatic heterocycles. The number of esters is 2. The Bertz CT molecular complexity index is 1100. The second-order valence-corrected chi connectivity index (χ2v) is 5.90. The molecule has 3 aromatic rings. The van der Waals surface area contributed by atoms with Crippen LogP contribution in [-0.4, -0.2) is 11.9 Å². The van der Waals surface area contributed by atoms with Crippen molar-refractivity contribution in [3.8, 4) is 5.75 Å². The predicted octanol–water partition coefficient (Wildman–Crippen LogP) is 3.52. The molecule has 0 saturated carbocycles. The summed E-state index contributed by atoms with van der Waals surface area (Å²) in [7, 11) is 0. The number of rotatable bonds is 4. The van der Waals surface area contributed by atoms with Gasteiger partial charge in [0.05, 0.1) is 0 Å². The molecule has 0 spiro atoms. The predicted molar refractivity (Wildman–Crippen MR) is 94.0 cm³/mol. The smallest absolute Gasteiger partial charge is 0.351 e. The van der Waals surface area contributed by atoms with Crippen molar-refractivity contribution in [2.75, 3.05) is 0 Å². The highest BCUT2D eigenvalue weighted by molar-refractivity contribution is 5.94. The first kappa shape index (κ1) is 18.3. The number of hydrogen-bond donors (Lipinski definition) is 0. The van der Waals surface area contributed by atoms with Gasteiger partial charge in [0.15, 0.2) is 0 Å². The van der Waals surface area contributed by atoms with E-state index in [9.17, 15) is 18.8 Å². The molecule has 0 radical (unpaired) electrons. The first-order chi connectivity index (χ1) is 12.8. The van der Waals surface area contributed by atoms with Crippen LogP contribution >= 0.6 is 0 Å². The van der Waals surface area contributed by atoms with Gasteiger partial charge < -0.3 is 13.9 Å². The fourth-order valence-electron chi connectivity index (χ4n) is 2.43. The lowest BCUT2D eigenvalue weighted by Crippen LogP contribution is -2.19. The minimum absolute atomic E-state index is 0.0168. The van der Waals surface area contributed by atoms with Gasteiger partial charge in [-0.2, -0.15) is 0 Å². The van der Waals surface area contributed by atoms with Gasteiger partial charge in [0.2, 0.25) is 0 Å². The maximum Gasteiger partial charge on any atom is 0.351 e. The Morgan fingerprint density at radius 1 is 1.11 bits per heavy atom. The molecule has 0 fully saturated rings. The second kappa shape index (κ2) is 7.41. The fraction of sp³-hybridized carbons (Fsp3) is 0.150. The van der Waals surface area contributed by atoms with E-state index in [0.717, 1.165) is 6.07 Å². The van der Waals surface area contributed by atoms with Crippen molar-refractivity contribution in [3.05, 3.63) is 75.4 Å². The number of benzene rings is 2. The number of fused-ring (bicyclic) bond motifs is 1. The average Bonchev–Trinajstić information content (AvgIpc) is 2.62. The number of halogens is 1. The molecular weight excluding hydrogens is 355 g/mol. The Hall–Kier alpha value is -3.48. The molecule has 3 rings (SSSR count). The van der Waals surface area contributed by atoms with Crippen molar-refractivity contribution in [2.24, 2.45) is 0 Å². The van der Waals surface area contributed by atoms with Gasteiger partial charge in [0.25, 0.3) is 0 Å². The molecule has 0 saturated heterocycles. The van der Waals surface area contributed by atoms with Crippen LogP contribution in [0.1, 0.15) is 28.4 Å². The van der Waals surface area contributed by atoms with Gasteiger partial charge in [0, 0.05) is 18.4 Å². The lowest BCUT2D eigenvalue weighted by Gasteiger charge is -2.08. The molecule has 1 aromatic heterocycles. The SMILES string of the molecule is CC(=O)OCc1ccc2oc(=O)c(C(=O)Oc3cc(F)ccc3C)cc2c1. The van der Waals surface area contributed by atoms with Crippen molar-refractivity contribution in [2.45, 2.75) is 20.5 Å². The fourth-order valence-corrected chi connectivity index (χ4v) is 2.43. The molecule has 0 aliphatic carbocycles. The van der Waals surface area contributed by atoms with Gasteiger partial charge in [-0.05, 0) is 42.3 Å². The molecule has 0 amide bonds. The third-order valence-electron chi connectivity index (χ3n) is 3.81. The quantitative estimate of drug-likeness (QED) is 0.397. The van der Waals surface area contributed by atoms with Gasteiger partial charge in [0.1, 0.15) is 29.3 Å². The van der Waals surface area contributed by atoms with E-state index < -0.39 is 23.4 Å². The Morgan fingerprint density at radius 2 is 1.89 bits per heavy atom. The maximum absolute atomic E-state index is 13.4. The largest absolute Gasteiger partial charge is 0.461 e. The van der Waals surface area contributed by atoms with Crippen LogP contribution in [0.4, 0.5) is 4.39 Å². The first-order valence-corrected chi connectivity index (χ1v) is 8.02. The minimum Gasteiger partial charge on any atom is -0.461 e. The highest BCUT2D eigenvalue weighted by atomic mass is 19.1. The van der Waals surface area contributed by atoms with Crippen LogP contribution in [-0.2, 0) is 16.1 Å². The lowest BCUT2D eigenvalue weighted by molar-refractivity contribution is -0.142. The summed E-state index contributed by atoms with van der Waals surface area (Å²) in [6.07, 6.45) is 0. The van der Waals surface area contributed by atoms with Gasteiger partial charge in [-0.1, -0.05) is 12.1 Å². The van der Waals surface area contributed by atoms with Crippen LogP contribution < -0.4 is 10.4 Å². The lowest BCUT2D eigenvalue weighted by atomic mass is 10.1. The molecule has 0 bridgehead atoms. The van der Waals surface area contributed by atoms with Crippen molar-refractivity contribution in [1.29, 1.82) is 0 Å². The molecule has 0 atom stereocenters. The number of hydrogen-bond acceptors (Lipinski definition) is 6. The highest BCUT2D eigenvalue weighted by Crippen LogP contribution is 2.21. The zero-order valence-corrected chi connectivity index (χ0v) is 14.6. The Morgan fingerprint density at radius 3 is 2.63 bits per heavy atom. The Labute approximate surface area is 153 Å².